The molecule has 1 aliphatic rings. The normalized spacial score (nSPS) is 14.6. The molecule has 1 aliphatic heterocycles. The first-order chi connectivity index (χ1) is 19.8. The summed E-state index contributed by atoms with van der Waals surface area (Å²) in [5.41, 5.74) is 12.7. The van der Waals surface area contributed by atoms with E-state index in [-0.39, 0.29) is 29.0 Å². The zero-order valence-corrected chi connectivity index (χ0v) is 26.8. The number of aldehydes is 1. The molecule has 0 atom stereocenters. The Balaban J connectivity index is 0.000000627. The number of sulfone groups is 1. The number of fused-ring (bicyclic) bond motifs is 1. The zero-order valence-electron chi connectivity index (χ0n) is 24.3. The molecule has 1 aromatic heterocycles. The lowest BCUT2D eigenvalue weighted by Gasteiger charge is -2.22. The predicted octanol–water partition coefficient (Wildman–Crippen LogP) is 5.36. The summed E-state index contributed by atoms with van der Waals surface area (Å²) < 4.78 is 23.5. The molecule has 1 fully saturated rings. The molecule has 224 valence electrons. The van der Waals surface area contributed by atoms with Gasteiger partial charge < -0.3 is 16.8 Å². The van der Waals surface area contributed by atoms with Crippen LogP contribution in [-0.4, -0.2) is 55.7 Å². The van der Waals surface area contributed by atoms with E-state index in [1.54, 1.807) is 18.2 Å². The summed E-state index contributed by atoms with van der Waals surface area (Å²) in [5.74, 6) is -0.173. The second kappa shape index (κ2) is 14.4. The molecule has 0 unspecified atom stereocenters. The van der Waals surface area contributed by atoms with Crippen molar-refractivity contribution in [1.82, 2.24) is 10.3 Å². The fourth-order valence-corrected chi connectivity index (χ4v) is 7.11. The minimum absolute atomic E-state index is 0. The molecule has 0 aliphatic carbocycles. The van der Waals surface area contributed by atoms with Crippen molar-refractivity contribution in [2.75, 3.05) is 18.6 Å². The van der Waals surface area contributed by atoms with E-state index >= 15 is 0 Å². The first kappa shape index (κ1) is 33.4. The van der Waals surface area contributed by atoms with Crippen molar-refractivity contribution in [3.05, 3.63) is 71.2 Å². The summed E-state index contributed by atoms with van der Waals surface area (Å²) in [7, 11) is -1.52. The highest BCUT2D eigenvalue weighted by molar-refractivity contribution is 7.91. The van der Waals surface area contributed by atoms with E-state index in [0.717, 1.165) is 38.0 Å². The van der Waals surface area contributed by atoms with Crippen molar-refractivity contribution in [2.24, 2.45) is 11.5 Å². The average Bonchev–Trinajstić information content (AvgIpc) is 3.40. The molecule has 5 rings (SSSR count). The number of thiazole rings is 1. The zero-order chi connectivity index (χ0) is 31.1. The standard InChI is InChI=1S/C26H22N2O4S3.C4H11N.CH5N/c29-15-16-4-3-5-17(14-16)23-24(21-8-9-22(33)20-7-2-1-6-19(20)21)34-26(28-23)25(30)27-18-10-12-35(31,32)13-11-18;1-4(2,3)5;1-2/h1-9,14-15,18,33H,10-13H2,(H,27,30);5H2,1-3H3;2H2,1H3. The van der Waals surface area contributed by atoms with Gasteiger partial charge in [-0.1, -0.05) is 48.5 Å². The molecule has 0 spiro atoms. The van der Waals surface area contributed by atoms with Gasteiger partial charge >= 0.3 is 0 Å². The molecule has 2 heterocycles. The van der Waals surface area contributed by atoms with Gasteiger partial charge in [0.15, 0.2) is 5.01 Å². The Hall–Kier alpha value is -3.09. The quantitative estimate of drug-likeness (QED) is 0.172. The number of benzene rings is 3. The third kappa shape index (κ3) is 8.95. The van der Waals surface area contributed by atoms with Crippen molar-refractivity contribution >= 4 is 56.8 Å². The number of aromatic nitrogens is 1. The van der Waals surface area contributed by atoms with Crippen molar-refractivity contribution in [1.29, 1.82) is 0 Å². The molecule has 0 saturated carbocycles. The summed E-state index contributed by atoms with van der Waals surface area (Å²) in [5, 5.41) is 5.23. The van der Waals surface area contributed by atoms with Crippen LogP contribution in [0.5, 0.6) is 0 Å². The topological polar surface area (TPSA) is 145 Å². The van der Waals surface area contributed by atoms with Gasteiger partial charge in [0.05, 0.1) is 22.1 Å². The van der Waals surface area contributed by atoms with Crippen molar-refractivity contribution in [2.45, 2.75) is 50.1 Å². The Kier molecular flexibility index (Phi) is 11.4. The van der Waals surface area contributed by atoms with Gasteiger partial charge in [-0.3, -0.25) is 9.59 Å². The number of thiol groups is 1. The first-order valence-electron chi connectivity index (χ1n) is 13.5. The Morgan fingerprint density at radius 3 is 2.26 bits per heavy atom. The van der Waals surface area contributed by atoms with Crippen LogP contribution in [0, 0.1) is 0 Å². The van der Waals surface area contributed by atoms with Gasteiger partial charge in [0.1, 0.15) is 16.1 Å². The van der Waals surface area contributed by atoms with Gasteiger partial charge in [0.2, 0.25) is 0 Å². The molecule has 1 amide bonds. The highest BCUT2D eigenvalue weighted by atomic mass is 32.2. The van der Waals surface area contributed by atoms with Crippen LogP contribution in [0.1, 0.15) is 53.8 Å². The van der Waals surface area contributed by atoms with Crippen molar-refractivity contribution < 1.29 is 18.0 Å². The van der Waals surface area contributed by atoms with E-state index < -0.39 is 9.84 Å². The van der Waals surface area contributed by atoms with Crippen LogP contribution in [0.15, 0.2) is 65.6 Å². The number of nitrogens with one attached hydrogen (secondary N) is 1. The smallest absolute Gasteiger partial charge is 0.280 e. The van der Waals surface area contributed by atoms with Crippen LogP contribution >= 0.6 is 24.0 Å². The molecule has 4 aromatic rings. The van der Waals surface area contributed by atoms with Crippen molar-refractivity contribution in [3.8, 4) is 21.7 Å². The van der Waals surface area contributed by atoms with E-state index in [9.17, 15) is 18.0 Å². The summed E-state index contributed by atoms with van der Waals surface area (Å²) in [4.78, 5) is 30.9. The molecule has 3 aromatic carbocycles. The molecule has 0 bridgehead atoms. The summed E-state index contributed by atoms with van der Waals surface area (Å²) in [6.07, 6.45) is 1.58. The lowest BCUT2D eigenvalue weighted by atomic mass is 10.00. The Bertz CT molecular complexity index is 1640. The van der Waals surface area contributed by atoms with Gasteiger partial charge in [0.25, 0.3) is 5.91 Å². The van der Waals surface area contributed by atoms with Crippen LogP contribution in [0.4, 0.5) is 0 Å². The maximum absolute atomic E-state index is 13.2. The maximum Gasteiger partial charge on any atom is 0.280 e. The van der Waals surface area contributed by atoms with Crippen LogP contribution < -0.4 is 16.8 Å². The second-order valence-corrected chi connectivity index (χ2v) is 14.7. The highest BCUT2D eigenvalue weighted by Gasteiger charge is 2.27. The summed E-state index contributed by atoms with van der Waals surface area (Å²) >= 11 is 5.88. The molecule has 11 heteroatoms. The monoisotopic (exact) mass is 626 g/mol. The number of carbonyl (C=O) groups is 2. The predicted molar refractivity (Wildman–Crippen MR) is 176 cm³/mol. The molecule has 8 nitrogen and oxygen atoms in total. The second-order valence-electron chi connectivity index (χ2n) is 10.9. The van der Waals surface area contributed by atoms with Gasteiger partial charge in [-0.15, -0.1) is 24.0 Å². The third-order valence-electron chi connectivity index (χ3n) is 6.15. The molecule has 1 saturated heterocycles. The lowest BCUT2D eigenvalue weighted by Crippen LogP contribution is -2.40. The molecule has 0 radical (unpaired) electrons. The molecule has 5 N–H and O–H groups in total. The first-order valence-corrected chi connectivity index (χ1v) is 16.6. The fraction of sp³-hybridized carbons (Fsp3) is 0.323. The van der Waals surface area contributed by atoms with Gasteiger partial charge in [0, 0.05) is 33.2 Å². The van der Waals surface area contributed by atoms with E-state index in [0.29, 0.717) is 29.1 Å². The SMILES string of the molecule is CC(C)(C)N.CN.O=Cc1cccc(-c2nc(C(=O)NC3CCS(=O)(=O)CC3)sc2-c2ccc(S)c3ccccc23)c1. The van der Waals surface area contributed by atoms with Crippen LogP contribution in [-0.2, 0) is 9.84 Å². The number of nitrogens with zero attached hydrogens (tertiary/aromatic N) is 1. The summed E-state index contributed by atoms with van der Waals surface area (Å²) in [6, 6.07) is 18.8. The Morgan fingerprint density at radius 2 is 1.64 bits per heavy atom. The Morgan fingerprint density at radius 1 is 1.02 bits per heavy atom. The Labute approximate surface area is 257 Å². The third-order valence-corrected chi connectivity index (χ3v) is 9.35. The van der Waals surface area contributed by atoms with Gasteiger partial charge in [-0.25, -0.2) is 13.4 Å². The fourth-order valence-electron chi connectivity index (χ4n) is 4.32. The maximum atomic E-state index is 13.2. The average molecular weight is 627 g/mol. The van der Waals surface area contributed by atoms with E-state index in [2.05, 4.69) is 23.7 Å². The number of hydrogen-bond donors (Lipinski definition) is 4. The number of rotatable bonds is 5. The minimum atomic E-state index is -3.02. The molecular weight excluding hydrogens is 589 g/mol. The largest absolute Gasteiger partial charge is 0.347 e. The highest BCUT2D eigenvalue weighted by Crippen LogP contribution is 2.41. The van der Waals surface area contributed by atoms with Crippen LogP contribution in [0.3, 0.4) is 0 Å². The van der Waals surface area contributed by atoms with Gasteiger partial charge in [-0.05, 0) is 63.6 Å². The number of carbonyl (C=O) groups excluding carboxylic acids is 2. The number of amides is 1. The van der Waals surface area contributed by atoms with E-state index in [1.165, 1.54) is 18.4 Å². The van der Waals surface area contributed by atoms with Crippen molar-refractivity contribution in [3.63, 3.8) is 0 Å². The lowest BCUT2D eigenvalue weighted by molar-refractivity contribution is 0.0933. The van der Waals surface area contributed by atoms with E-state index in [1.807, 2.05) is 63.2 Å². The number of hydrogen-bond acceptors (Lipinski definition) is 9. The molecule has 42 heavy (non-hydrogen) atoms. The summed E-state index contributed by atoms with van der Waals surface area (Å²) in [6.45, 7) is 5.90. The van der Waals surface area contributed by atoms with Crippen LogP contribution in [0.25, 0.3) is 32.5 Å². The van der Waals surface area contributed by atoms with E-state index in [4.69, 9.17) is 10.7 Å². The number of nitrogens with two attached hydrogens (primary N) is 2. The van der Waals surface area contributed by atoms with Crippen LogP contribution in [0.2, 0.25) is 0 Å². The molecular formula is C31H38N4O4S3. The van der Waals surface area contributed by atoms with Gasteiger partial charge in [-0.2, -0.15) is 0 Å². The minimum Gasteiger partial charge on any atom is -0.347 e.